The Kier molecular flexibility index (Phi) is 5.93. The summed E-state index contributed by atoms with van der Waals surface area (Å²) in [7, 11) is 0. The van der Waals surface area contributed by atoms with Crippen LogP contribution in [0.4, 0.5) is 8.78 Å². The van der Waals surface area contributed by atoms with E-state index in [2.05, 4.69) is 21.2 Å². The van der Waals surface area contributed by atoms with Gasteiger partial charge in [0.25, 0.3) is 0 Å². The van der Waals surface area contributed by atoms with Gasteiger partial charge in [-0.15, -0.1) is 0 Å². The topological polar surface area (TPSA) is 21.3 Å². The molecular weight excluding hydrogens is 328 g/mol. The highest BCUT2D eigenvalue weighted by atomic mass is 79.9. The van der Waals surface area contributed by atoms with Crippen molar-refractivity contribution in [3.05, 3.63) is 33.8 Å². The first-order valence-corrected chi connectivity index (χ1v) is 7.91. The van der Waals surface area contributed by atoms with Crippen LogP contribution in [0, 0.1) is 11.6 Å². The Morgan fingerprint density at radius 2 is 2.25 bits per heavy atom. The van der Waals surface area contributed by atoms with E-state index in [0.717, 1.165) is 32.4 Å². The Morgan fingerprint density at radius 1 is 1.45 bits per heavy atom. The number of hydrogen-bond acceptors (Lipinski definition) is 2. The van der Waals surface area contributed by atoms with Crippen molar-refractivity contribution < 1.29 is 13.5 Å². The quantitative estimate of drug-likeness (QED) is 0.773. The first-order chi connectivity index (χ1) is 9.63. The van der Waals surface area contributed by atoms with Gasteiger partial charge in [0.05, 0.1) is 10.6 Å². The predicted octanol–water partition coefficient (Wildman–Crippen LogP) is 4.34. The second kappa shape index (κ2) is 7.48. The molecule has 2 nitrogen and oxygen atoms in total. The Balaban J connectivity index is 2.22. The van der Waals surface area contributed by atoms with Crippen LogP contribution in [0.3, 0.4) is 0 Å². The third-order valence-corrected chi connectivity index (χ3v) is 4.20. The van der Waals surface area contributed by atoms with Gasteiger partial charge in [-0.1, -0.05) is 6.92 Å². The third-order valence-electron chi connectivity index (χ3n) is 3.59. The summed E-state index contributed by atoms with van der Waals surface area (Å²) in [5.74, 6) is -1.02. The van der Waals surface area contributed by atoms with E-state index in [0.29, 0.717) is 10.9 Å². The fraction of sp³-hybridized carbons (Fsp3) is 0.600. The smallest absolute Gasteiger partial charge is 0.145 e. The lowest BCUT2D eigenvalue weighted by atomic mass is 9.98. The minimum absolute atomic E-state index is 0.0853. The molecule has 0 aromatic heterocycles. The van der Waals surface area contributed by atoms with Crippen molar-refractivity contribution >= 4 is 15.9 Å². The van der Waals surface area contributed by atoms with Gasteiger partial charge >= 0.3 is 0 Å². The average Bonchev–Trinajstić information content (AvgIpc) is 2.93. The van der Waals surface area contributed by atoms with Crippen LogP contribution in [0.15, 0.2) is 16.6 Å². The predicted molar refractivity (Wildman–Crippen MR) is 78.7 cm³/mol. The molecule has 1 aliphatic heterocycles. The van der Waals surface area contributed by atoms with Gasteiger partial charge in [-0.3, -0.25) is 0 Å². The number of ether oxygens (including phenoxy) is 1. The fourth-order valence-electron chi connectivity index (χ4n) is 2.58. The Labute approximate surface area is 127 Å². The SMILES string of the molecule is CCCNC(CC1CCCO1)c1c(F)ccc(Br)c1F. The van der Waals surface area contributed by atoms with E-state index in [9.17, 15) is 8.78 Å². The van der Waals surface area contributed by atoms with E-state index < -0.39 is 11.6 Å². The monoisotopic (exact) mass is 347 g/mol. The fourth-order valence-corrected chi connectivity index (χ4v) is 2.92. The second-order valence-corrected chi connectivity index (χ2v) is 5.99. The standard InChI is InChI=1S/C15H20BrF2NO/c1-2-7-19-13(9-10-4-3-8-20-10)14-12(17)6-5-11(16)15(14)18/h5-6,10,13,19H,2-4,7-9H2,1H3. The molecular formula is C15H20BrF2NO. The van der Waals surface area contributed by atoms with Gasteiger partial charge in [-0.2, -0.15) is 0 Å². The molecule has 112 valence electrons. The van der Waals surface area contributed by atoms with E-state index in [1.165, 1.54) is 12.1 Å². The summed E-state index contributed by atoms with van der Waals surface area (Å²) in [6.45, 7) is 3.50. The van der Waals surface area contributed by atoms with E-state index in [1.54, 1.807) is 0 Å². The van der Waals surface area contributed by atoms with Crippen molar-refractivity contribution in [3.8, 4) is 0 Å². The molecule has 0 radical (unpaired) electrons. The molecule has 0 spiro atoms. The van der Waals surface area contributed by atoms with Gasteiger partial charge in [0, 0.05) is 18.2 Å². The summed E-state index contributed by atoms with van der Waals surface area (Å²) in [6, 6.07) is 2.35. The van der Waals surface area contributed by atoms with Crippen molar-refractivity contribution in [2.45, 2.75) is 44.8 Å². The highest BCUT2D eigenvalue weighted by Gasteiger charge is 2.26. The number of halogens is 3. The summed E-state index contributed by atoms with van der Waals surface area (Å²) in [5.41, 5.74) is 0.114. The van der Waals surface area contributed by atoms with Gasteiger partial charge in [0.2, 0.25) is 0 Å². The van der Waals surface area contributed by atoms with E-state index in [4.69, 9.17) is 4.74 Å². The molecule has 1 heterocycles. The summed E-state index contributed by atoms with van der Waals surface area (Å²) in [4.78, 5) is 0. The third kappa shape index (κ3) is 3.77. The van der Waals surface area contributed by atoms with Crippen LogP contribution in [-0.4, -0.2) is 19.3 Å². The molecule has 1 aliphatic rings. The number of benzene rings is 1. The van der Waals surface area contributed by atoms with Gasteiger partial charge < -0.3 is 10.1 Å². The van der Waals surface area contributed by atoms with Crippen molar-refractivity contribution in [2.24, 2.45) is 0 Å². The molecule has 1 aromatic carbocycles. The summed E-state index contributed by atoms with van der Waals surface area (Å²) >= 11 is 3.13. The second-order valence-electron chi connectivity index (χ2n) is 5.13. The highest BCUT2D eigenvalue weighted by Crippen LogP contribution is 2.31. The Bertz CT molecular complexity index is 450. The molecule has 0 bridgehead atoms. The molecule has 2 atom stereocenters. The number of nitrogens with one attached hydrogen (secondary N) is 1. The average molecular weight is 348 g/mol. The molecule has 0 aliphatic carbocycles. The van der Waals surface area contributed by atoms with Crippen LogP contribution in [0.25, 0.3) is 0 Å². The van der Waals surface area contributed by atoms with Crippen LogP contribution in [0.5, 0.6) is 0 Å². The van der Waals surface area contributed by atoms with E-state index >= 15 is 0 Å². The minimum Gasteiger partial charge on any atom is -0.378 e. The molecule has 2 unspecified atom stereocenters. The lowest BCUT2D eigenvalue weighted by molar-refractivity contribution is 0.0937. The normalized spacial score (nSPS) is 20.3. The first kappa shape index (κ1) is 15.9. The highest BCUT2D eigenvalue weighted by molar-refractivity contribution is 9.10. The van der Waals surface area contributed by atoms with Gasteiger partial charge in [-0.05, 0) is 60.3 Å². The molecule has 1 saturated heterocycles. The summed E-state index contributed by atoms with van der Waals surface area (Å²) in [6.07, 6.45) is 3.59. The molecule has 5 heteroatoms. The maximum absolute atomic E-state index is 14.2. The first-order valence-electron chi connectivity index (χ1n) is 7.11. The molecule has 0 saturated carbocycles. The molecule has 0 amide bonds. The zero-order chi connectivity index (χ0) is 14.5. The van der Waals surface area contributed by atoms with Crippen molar-refractivity contribution in [3.63, 3.8) is 0 Å². The van der Waals surface area contributed by atoms with Gasteiger partial charge in [-0.25, -0.2) is 8.78 Å². The summed E-state index contributed by atoms with van der Waals surface area (Å²) < 4.78 is 34.2. The molecule has 1 fully saturated rings. The minimum atomic E-state index is -0.517. The van der Waals surface area contributed by atoms with Gasteiger partial charge in [0.15, 0.2) is 0 Å². The zero-order valence-corrected chi connectivity index (χ0v) is 13.2. The van der Waals surface area contributed by atoms with Gasteiger partial charge in [0.1, 0.15) is 11.6 Å². The van der Waals surface area contributed by atoms with Crippen LogP contribution >= 0.6 is 15.9 Å². The maximum atomic E-state index is 14.2. The van der Waals surface area contributed by atoms with Crippen LogP contribution in [-0.2, 0) is 4.74 Å². The Hall–Kier alpha value is -0.520. The van der Waals surface area contributed by atoms with Crippen LogP contribution in [0.2, 0.25) is 0 Å². The Morgan fingerprint density at radius 3 is 2.90 bits per heavy atom. The molecule has 20 heavy (non-hydrogen) atoms. The maximum Gasteiger partial charge on any atom is 0.145 e. The lowest BCUT2D eigenvalue weighted by Gasteiger charge is -2.23. The molecule has 2 rings (SSSR count). The summed E-state index contributed by atoms with van der Waals surface area (Å²) in [5, 5.41) is 3.24. The van der Waals surface area contributed by atoms with Crippen molar-refractivity contribution in [1.82, 2.24) is 5.32 Å². The van der Waals surface area contributed by atoms with Crippen LogP contribution < -0.4 is 5.32 Å². The largest absolute Gasteiger partial charge is 0.378 e. The van der Waals surface area contributed by atoms with Crippen molar-refractivity contribution in [1.29, 1.82) is 0 Å². The van der Waals surface area contributed by atoms with Crippen LogP contribution in [0.1, 0.15) is 44.2 Å². The lowest BCUT2D eigenvalue weighted by Crippen LogP contribution is -2.28. The van der Waals surface area contributed by atoms with E-state index in [-0.39, 0.29) is 17.7 Å². The molecule has 1 N–H and O–H groups in total. The molecule has 1 aromatic rings. The number of rotatable bonds is 6. The van der Waals surface area contributed by atoms with E-state index in [1.807, 2.05) is 6.92 Å². The van der Waals surface area contributed by atoms with Crippen molar-refractivity contribution in [2.75, 3.05) is 13.2 Å². The zero-order valence-electron chi connectivity index (χ0n) is 11.6. The number of hydrogen-bond donors (Lipinski definition) is 1.